The Morgan fingerprint density at radius 1 is 0.739 bits per heavy atom. The van der Waals surface area contributed by atoms with E-state index < -0.39 is 18.4 Å². The van der Waals surface area contributed by atoms with E-state index in [2.05, 4.69) is 0 Å². The number of esters is 2. The van der Waals surface area contributed by atoms with Crippen LogP contribution in [0.25, 0.3) is 0 Å². The largest absolute Gasteiger partial charge is 0.426 e. The molecule has 0 spiro atoms. The van der Waals surface area contributed by atoms with Crippen LogP contribution in [0, 0.1) is 27.7 Å². The maximum absolute atomic E-state index is 11.9. The molecule has 23 heavy (non-hydrogen) atoms. The van der Waals surface area contributed by atoms with Crippen molar-refractivity contribution in [2.75, 3.05) is 0 Å². The van der Waals surface area contributed by atoms with Gasteiger partial charge in [-0.3, -0.25) is 9.59 Å². The molecule has 0 aliphatic heterocycles. The highest BCUT2D eigenvalue weighted by molar-refractivity contribution is 5.93. The molecule has 0 heterocycles. The van der Waals surface area contributed by atoms with Gasteiger partial charge in [-0.2, -0.15) is 0 Å². The van der Waals surface area contributed by atoms with Crippen molar-refractivity contribution in [2.45, 2.75) is 34.1 Å². The Labute approximate surface area is 136 Å². The highest BCUT2D eigenvalue weighted by atomic mass is 16.6. The van der Waals surface area contributed by atoms with Crippen molar-refractivity contribution in [1.82, 2.24) is 0 Å². The van der Waals surface area contributed by atoms with E-state index in [1.165, 1.54) is 0 Å². The van der Waals surface area contributed by atoms with Gasteiger partial charge in [0.15, 0.2) is 0 Å². The molecule has 0 bridgehead atoms. The molecule has 0 aromatic heterocycles. The number of ether oxygens (including phenoxy) is 2. The summed E-state index contributed by atoms with van der Waals surface area (Å²) in [6.45, 7) is 7.60. The van der Waals surface area contributed by atoms with Crippen molar-refractivity contribution in [3.05, 3.63) is 58.7 Å². The summed E-state index contributed by atoms with van der Waals surface area (Å²) in [7, 11) is 0. The van der Waals surface area contributed by atoms with Gasteiger partial charge in [-0.1, -0.05) is 24.3 Å². The van der Waals surface area contributed by atoms with E-state index in [1.54, 1.807) is 24.3 Å². The van der Waals surface area contributed by atoms with Gasteiger partial charge in [0, 0.05) is 0 Å². The second-order valence-corrected chi connectivity index (χ2v) is 5.52. The smallest absolute Gasteiger partial charge is 0.322 e. The molecule has 4 nitrogen and oxygen atoms in total. The van der Waals surface area contributed by atoms with Gasteiger partial charge >= 0.3 is 11.9 Å². The first-order chi connectivity index (χ1) is 10.9. The number of hydrogen-bond donors (Lipinski definition) is 0. The number of benzene rings is 2. The van der Waals surface area contributed by atoms with E-state index in [4.69, 9.17) is 9.47 Å². The molecule has 0 aliphatic carbocycles. The van der Waals surface area contributed by atoms with Crippen molar-refractivity contribution in [3.8, 4) is 11.5 Å². The van der Waals surface area contributed by atoms with Crippen LogP contribution < -0.4 is 9.47 Å². The molecular formula is C19H20O4. The molecule has 2 rings (SSSR count). The summed E-state index contributed by atoms with van der Waals surface area (Å²) in [6, 6.07) is 10.9. The normalized spacial score (nSPS) is 10.3. The molecule has 0 N–H and O–H groups in total. The molecule has 0 radical (unpaired) electrons. The van der Waals surface area contributed by atoms with Gasteiger partial charge in [-0.15, -0.1) is 0 Å². The summed E-state index contributed by atoms with van der Waals surface area (Å²) in [4.78, 5) is 23.8. The van der Waals surface area contributed by atoms with Gasteiger partial charge in [-0.05, 0) is 62.1 Å². The maximum atomic E-state index is 11.9. The lowest BCUT2D eigenvalue weighted by Gasteiger charge is -2.10. The molecule has 120 valence electrons. The van der Waals surface area contributed by atoms with Crippen molar-refractivity contribution in [1.29, 1.82) is 0 Å². The van der Waals surface area contributed by atoms with Gasteiger partial charge in [0.1, 0.15) is 17.9 Å². The monoisotopic (exact) mass is 312 g/mol. The molecular weight excluding hydrogens is 292 g/mol. The van der Waals surface area contributed by atoms with Crippen LogP contribution in [0.1, 0.15) is 28.7 Å². The Morgan fingerprint density at radius 3 is 1.52 bits per heavy atom. The first-order valence-electron chi connectivity index (χ1n) is 7.42. The number of rotatable bonds is 4. The fraction of sp³-hybridized carbons (Fsp3) is 0.263. The van der Waals surface area contributed by atoms with Crippen molar-refractivity contribution >= 4 is 11.9 Å². The predicted octanol–water partition coefficient (Wildman–Crippen LogP) is 3.82. The van der Waals surface area contributed by atoms with Crippen LogP contribution >= 0.6 is 0 Å². The average Bonchev–Trinajstić information content (AvgIpc) is 2.48. The Hall–Kier alpha value is -2.62. The highest BCUT2D eigenvalue weighted by Crippen LogP contribution is 2.22. The molecule has 0 unspecified atom stereocenters. The minimum absolute atomic E-state index is 0.430. The molecule has 2 aromatic carbocycles. The lowest BCUT2D eigenvalue weighted by molar-refractivity contribution is -0.144. The van der Waals surface area contributed by atoms with Crippen molar-refractivity contribution in [2.24, 2.45) is 0 Å². The summed E-state index contributed by atoms with van der Waals surface area (Å²) < 4.78 is 10.5. The molecule has 2 aromatic rings. The van der Waals surface area contributed by atoms with E-state index in [9.17, 15) is 9.59 Å². The second-order valence-electron chi connectivity index (χ2n) is 5.52. The molecule has 0 aliphatic rings. The first-order valence-corrected chi connectivity index (χ1v) is 7.42. The summed E-state index contributed by atoms with van der Waals surface area (Å²) >= 11 is 0. The van der Waals surface area contributed by atoms with Crippen molar-refractivity contribution < 1.29 is 19.1 Å². The van der Waals surface area contributed by atoms with Gasteiger partial charge in [0.2, 0.25) is 0 Å². The quantitative estimate of drug-likeness (QED) is 0.489. The zero-order chi connectivity index (χ0) is 17.0. The Kier molecular flexibility index (Phi) is 5.16. The summed E-state index contributed by atoms with van der Waals surface area (Å²) in [5, 5.41) is 0. The topological polar surface area (TPSA) is 52.6 Å². The van der Waals surface area contributed by atoms with E-state index in [1.807, 2.05) is 39.8 Å². The van der Waals surface area contributed by atoms with E-state index in [-0.39, 0.29) is 0 Å². The fourth-order valence-corrected chi connectivity index (χ4v) is 2.10. The highest BCUT2D eigenvalue weighted by Gasteiger charge is 2.16. The predicted molar refractivity (Wildman–Crippen MR) is 87.7 cm³/mol. The molecule has 0 saturated heterocycles. The third-order valence-corrected chi connectivity index (χ3v) is 3.85. The zero-order valence-electron chi connectivity index (χ0n) is 13.8. The van der Waals surface area contributed by atoms with Crippen molar-refractivity contribution in [3.63, 3.8) is 0 Å². The molecule has 0 amide bonds. The first kappa shape index (κ1) is 16.7. The third-order valence-electron chi connectivity index (χ3n) is 3.85. The van der Waals surface area contributed by atoms with Gasteiger partial charge in [0.25, 0.3) is 0 Å². The van der Waals surface area contributed by atoms with Gasteiger partial charge in [-0.25, -0.2) is 0 Å². The number of carbonyl (C=O) groups excluding carboxylic acids is 2. The Morgan fingerprint density at radius 2 is 1.13 bits per heavy atom. The Balaban J connectivity index is 1.99. The molecule has 0 atom stereocenters. The molecule has 0 saturated carbocycles. The van der Waals surface area contributed by atoms with E-state index in [0.29, 0.717) is 11.5 Å². The lowest BCUT2D eigenvalue weighted by atomic mass is 10.1. The van der Waals surface area contributed by atoms with Crippen LogP contribution in [0.5, 0.6) is 11.5 Å². The molecule has 0 fully saturated rings. The van der Waals surface area contributed by atoms with Crippen LogP contribution in [0.3, 0.4) is 0 Å². The lowest BCUT2D eigenvalue weighted by Crippen LogP contribution is -2.19. The number of hydrogen-bond acceptors (Lipinski definition) is 4. The number of aryl methyl sites for hydroxylation is 2. The fourth-order valence-electron chi connectivity index (χ4n) is 2.10. The number of carbonyl (C=O) groups is 2. The minimum Gasteiger partial charge on any atom is -0.426 e. The summed E-state index contributed by atoms with van der Waals surface area (Å²) in [5.74, 6) is -0.327. The van der Waals surface area contributed by atoms with Crippen LogP contribution in [-0.4, -0.2) is 11.9 Å². The summed E-state index contributed by atoms with van der Waals surface area (Å²) in [5.41, 5.74) is 3.80. The van der Waals surface area contributed by atoms with Crippen LogP contribution in [0.4, 0.5) is 0 Å². The minimum atomic E-state index is -0.631. The van der Waals surface area contributed by atoms with Crippen LogP contribution in [0.15, 0.2) is 36.4 Å². The second kappa shape index (κ2) is 7.09. The maximum Gasteiger partial charge on any atom is 0.322 e. The standard InChI is InChI=1S/C19H20O4/c1-12-7-5-9-16(14(12)3)22-18(20)11-19(21)23-17-10-6-8-13(2)15(17)4/h5-10H,11H2,1-4H3. The van der Waals surface area contributed by atoms with E-state index >= 15 is 0 Å². The summed E-state index contributed by atoms with van der Waals surface area (Å²) in [6.07, 6.45) is -0.430. The zero-order valence-corrected chi connectivity index (χ0v) is 13.8. The van der Waals surface area contributed by atoms with Gasteiger partial charge < -0.3 is 9.47 Å². The Bertz CT molecular complexity index is 684. The van der Waals surface area contributed by atoms with Gasteiger partial charge in [0.05, 0.1) is 0 Å². The van der Waals surface area contributed by atoms with Crippen LogP contribution in [0.2, 0.25) is 0 Å². The SMILES string of the molecule is Cc1cccc(OC(=O)CC(=O)Oc2cccc(C)c2C)c1C. The average molecular weight is 312 g/mol. The third kappa shape index (κ3) is 4.19. The molecule has 4 heteroatoms. The van der Waals surface area contributed by atoms with Crippen LogP contribution in [-0.2, 0) is 9.59 Å². The van der Waals surface area contributed by atoms with E-state index in [0.717, 1.165) is 22.3 Å².